The summed E-state index contributed by atoms with van der Waals surface area (Å²) in [7, 11) is 0. The molecule has 2 fully saturated rings. The molecule has 2 aliphatic heterocycles. The molecule has 8 heteroatoms. The van der Waals surface area contributed by atoms with Crippen molar-refractivity contribution in [2.45, 2.75) is 58.3 Å². The minimum atomic E-state index is -0.665. The number of rotatable bonds is 4. The van der Waals surface area contributed by atoms with Gasteiger partial charge in [-0.25, -0.2) is 9.59 Å². The van der Waals surface area contributed by atoms with Gasteiger partial charge in [-0.1, -0.05) is 30.3 Å². The van der Waals surface area contributed by atoms with E-state index in [2.05, 4.69) is 0 Å². The van der Waals surface area contributed by atoms with Gasteiger partial charge in [-0.15, -0.1) is 0 Å². The molecule has 2 saturated heterocycles. The molecule has 0 radical (unpaired) electrons. The Morgan fingerprint density at radius 2 is 1.81 bits per heavy atom. The normalized spacial score (nSPS) is 23.2. The van der Waals surface area contributed by atoms with E-state index in [1.807, 2.05) is 51.1 Å². The molecular formula is C23H32N2O6. The molecule has 2 unspecified atom stereocenters. The van der Waals surface area contributed by atoms with Crippen LogP contribution in [0.2, 0.25) is 0 Å². The summed E-state index contributed by atoms with van der Waals surface area (Å²) in [6.45, 7) is 8.61. The van der Waals surface area contributed by atoms with Gasteiger partial charge in [-0.2, -0.15) is 0 Å². The van der Waals surface area contributed by atoms with Crippen LogP contribution in [0.1, 0.15) is 46.1 Å². The average Bonchev–Trinajstić information content (AvgIpc) is 3.31. The highest BCUT2D eigenvalue weighted by Crippen LogP contribution is 2.41. The number of ether oxygens (including phenoxy) is 3. The first-order valence-electron chi connectivity index (χ1n) is 10.8. The van der Waals surface area contributed by atoms with Gasteiger partial charge in [0.25, 0.3) is 0 Å². The van der Waals surface area contributed by atoms with Crippen LogP contribution in [0.15, 0.2) is 30.3 Å². The van der Waals surface area contributed by atoms with Gasteiger partial charge in [0.1, 0.15) is 12.2 Å². The average molecular weight is 433 g/mol. The van der Waals surface area contributed by atoms with Gasteiger partial charge in [0.15, 0.2) is 0 Å². The molecule has 1 spiro atoms. The second-order valence-corrected chi connectivity index (χ2v) is 9.18. The van der Waals surface area contributed by atoms with Crippen molar-refractivity contribution in [1.29, 1.82) is 0 Å². The van der Waals surface area contributed by atoms with Crippen LogP contribution in [0.3, 0.4) is 0 Å². The molecule has 0 aliphatic carbocycles. The smallest absolute Gasteiger partial charge is 0.410 e. The summed E-state index contributed by atoms with van der Waals surface area (Å²) in [4.78, 5) is 41.3. The molecule has 2 aliphatic rings. The fraction of sp³-hybridized carbons (Fsp3) is 0.609. The summed E-state index contributed by atoms with van der Waals surface area (Å²) in [6.07, 6.45) is 0.0944. The van der Waals surface area contributed by atoms with Crippen LogP contribution in [-0.4, -0.2) is 65.3 Å². The van der Waals surface area contributed by atoms with Crippen molar-refractivity contribution in [3.63, 3.8) is 0 Å². The highest BCUT2D eigenvalue weighted by atomic mass is 16.6. The third-order valence-corrected chi connectivity index (χ3v) is 5.63. The van der Waals surface area contributed by atoms with E-state index in [1.54, 1.807) is 16.7 Å². The molecule has 8 nitrogen and oxygen atoms in total. The number of hydrogen-bond acceptors (Lipinski definition) is 6. The second-order valence-electron chi connectivity index (χ2n) is 9.18. The Kier molecular flexibility index (Phi) is 6.77. The number of carbonyl (C=O) groups excluding carboxylic acids is 3. The van der Waals surface area contributed by atoms with E-state index in [1.165, 1.54) is 0 Å². The minimum absolute atomic E-state index is 0.145. The van der Waals surface area contributed by atoms with Crippen LogP contribution < -0.4 is 0 Å². The van der Waals surface area contributed by atoms with E-state index in [9.17, 15) is 14.4 Å². The lowest BCUT2D eigenvalue weighted by Gasteiger charge is -2.34. The molecule has 3 rings (SSSR count). The lowest BCUT2D eigenvalue weighted by molar-refractivity contribution is -0.147. The molecule has 31 heavy (non-hydrogen) atoms. The third kappa shape index (κ3) is 5.48. The molecule has 2 amide bonds. The Morgan fingerprint density at radius 3 is 2.45 bits per heavy atom. The molecule has 1 aromatic rings. The van der Waals surface area contributed by atoms with Crippen LogP contribution in [0, 0.1) is 5.92 Å². The van der Waals surface area contributed by atoms with Gasteiger partial charge in [-0.3, -0.25) is 9.69 Å². The molecule has 0 aromatic heterocycles. The lowest BCUT2D eigenvalue weighted by Crippen LogP contribution is -2.50. The van der Waals surface area contributed by atoms with E-state index < -0.39 is 29.2 Å². The summed E-state index contributed by atoms with van der Waals surface area (Å²) in [6, 6.07) is 9.43. The largest absolute Gasteiger partial charge is 0.466 e. The van der Waals surface area contributed by atoms with E-state index in [-0.39, 0.29) is 25.7 Å². The highest BCUT2D eigenvalue weighted by molar-refractivity contribution is 5.77. The van der Waals surface area contributed by atoms with Gasteiger partial charge >= 0.3 is 18.2 Å². The van der Waals surface area contributed by atoms with E-state index in [4.69, 9.17) is 14.2 Å². The van der Waals surface area contributed by atoms with Crippen molar-refractivity contribution in [3.05, 3.63) is 35.9 Å². The Hall–Kier alpha value is -2.77. The van der Waals surface area contributed by atoms with Crippen molar-refractivity contribution in [2.75, 3.05) is 26.2 Å². The first kappa shape index (κ1) is 22.9. The number of benzene rings is 1. The van der Waals surface area contributed by atoms with E-state index >= 15 is 0 Å². The number of nitrogens with zero attached hydrogens (tertiary/aromatic N) is 2. The minimum Gasteiger partial charge on any atom is -0.466 e. The van der Waals surface area contributed by atoms with Crippen molar-refractivity contribution in [2.24, 2.45) is 5.92 Å². The molecule has 2 atom stereocenters. The highest BCUT2D eigenvalue weighted by Gasteiger charge is 2.55. The molecule has 2 heterocycles. The maximum absolute atomic E-state index is 13.0. The fourth-order valence-electron chi connectivity index (χ4n) is 4.26. The number of likely N-dealkylation sites (tertiary alicyclic amines) is 2. The predicted octanol–water partition coefficient (Wildman–Crippen LogP) is 3.59. The van der Waals surface area contributed by atoms with Gasteiger partial charge in [0, 0.05) is 19.6 Å². The fourth-order valence-corrected chi connectivity index (χ4v) is 4.26. The summed E-state index contributed by atoms with van der Waals surface area (Å²) in [5.74, 6) is -0.765. The summed E-state index contributed by atoms with van der Waals surface area (Å²) < 4.78 is 16.3. The zero-order valence-corrected chi connectivity index (χ0v) is 18.8. The third-order valence-electron chi connectivity index (χ3n) is 5.63. The lowest BCUT2D eigenvalue weighted by atomic mass is 9.91. The van der Waals surface area contributed by atoms with Crippen molar-refractivity contribution in [3.8, 4) is 0 Å². The molecule has 1 aromatic carbocycles. The topological polar surface area (TPSA) is 85.4 Å². The van der Waals surface area contributed by atoms with Crippen molar-refractivity contribution < 1.29 is 28.6 Å². The molecule has 170 valence electrons. The van der Waals surface area contributed by atoms with E-state index in [0.29, 0.717) is 25.9 Å². The van der Waals surface area contributed by atoms with Crippen molar-refractivity contribution in [1.82, 2.24) is 9.80 Å². The number of esters is 1. The van der Waals surface area contributed by atoms with Gasteiger partial charge < -0.3 is 19.1 Å². The Balaban J connectivity index is 1.74. The maximum atomic E-state index is 13.0. The summed E-state index contributed by atoms with van der Waals surface area (Å²) >= 11 is 0. The van der Waals surface area contributed by atoms with Crippen LogP contribution >= 0.6 is 0 Å². The van der Waals surface area contributed by atoms with Gasteiger partial charge in [0.05, 0.1) is 18.1 Å². The van der Waals surface area contributed by atoms with Crippen LogP contribution in [0.4, 0.5) is 9.59 Å². The summed E-state index contributed by atoms with van der Waals surface area (Å²) in [5.41, 5.74) is -0.389. The SMILES string of the molecule is CCOC(=O)C1CN(C(=O)OCc2ccccc2)C2(CCN(C(=O)OC(C)(C)C)C2)C1. The molecule has 0 bridgehead atoms. The van der Waals surface area contributed by atoms with E-state index in [0.717, 1.165) is 5.56 Å². The molecule has 0 saturated carbocycles. The van der Waals surface area contributed by atoms with Crippen LogP contribution in [-0.2, 0) is 25.6 Å². The van der Waals surface area contributed by atoms with Gasteiger partial charge in [-0.05, 0) is 46.1 Å². The standard InChI is InChI=1S/C23H32N2O6/c1-5-29-19(26)18-13-23(11-12-24(16-23)20(27)31-22(2,3)4)25(14-18)21(28)30-15-17-9-7-6-8-10-17/h6-10,18H,5,11-16H2,1-4H3. The first-order chi connectivity index (χ1) is 14.6. The maximum Gasteiger partial charge on any atom is 0.410 e. The number of carbonyl (C=O) groups is 3. The zero-order chi connectivity index (χ0) is 22.6. The second kappa shape index (κ2) is 9.16. The zero-order valence-electron chi connectivity index (χ0n) is 18.8. The Labute approximate surface area is 183 Å². The molecular weight excluding hydrogens is 400 g/mol. The Morgan fingerprint density at radius 1 is 1.10 bits per heavy atom. The quantitative estimate of drug-likeness (QED) is 0.534. The molecule has 0 N–H and O–H groups in total. The Bertz CT molecular complexity index is 806. The number of hydrogen-bond donors (Lipinski definition) is 0. The number of amides is 2. The first-order valence-corrected chi connectivity index (χ1v) is 10.8. The van der Waals surface area contributed by atoms with Gasteiger partial charge in [0.2, 0.25) is 0 Å². The monoisotopic (exact) mass is 432 g/mol. The van der Waals surface area contributed by atoms with Crippen LogP contribution in [0.25, 0.3) is 0 Å². The van der Waals surface area contributed by atoms with Crippen LogP contribution in [0.5, 0.6) is 0 Å². The van der Waals surface area contributed by atoms with Crippen molar-refractivity contribution >= 4 is 18.2 Å². The summed E-state index contributed by atoms with van der Waals surface area (Å²) in [5, 5.41) is 0. The predicted molar refractivity (Wildman–Crippen MR) is 113 cm³/mol.